The highest BCUT2D eigenvalue weighted by Crippen LogP contribution is 2.27. The van der Waals surface area contributed by atoms with Gasteiger partial charge in [0.2, 0.25) is 5.82 Å². The average Bonchev–Trinajstić information content (AvgIpc) is 3.51. The molecule has 1 aliphatic heterocycles. The van der Waals surface area contributed by atoms with Gasteiger partial charge in [0.05, 0.1) is 6.54 Å². The molecule has 1 fully saturated rings. The minimum absolute atomic E-state index is 0.218. The second kappa shape index (κ2) is 10.4. The van der Waals surface area contributed by atoms with E-state index in [1.54, 1.807) is 0 Å². The molecule has 1 saturated heterocycles. The van der Waals surface area contributed by atoms with Gasteiger partial charge in [0.1, 0.15) is 11.6 Å². The zero-order valence-electron chi connectivity index (χ0n) is 21.3. The zero-order chi connectivity index (χ0) is 26.9. The summed E-state index contributed by atoms with van der Waals surface area (Å²) in [5.41, 5.74) is 2.99. The van der Waals surface area contributed by atoms with Gasteiger partial charge >= 0.3 is 6.36 Å². The number of ether oxygens (including phenoxy) is 1. The third-order valence-electron chi connectivity index (χ3n) is 6.48. The van der Waals surface area contributed by atoms with E-state index in [-0.39, 0.29) is 17.5 Å². The molecule has 200 valence electrons. The Morgan fingerprint density at radius 1 is 1.03 bits per heavy atom. The topological polar surface area (TPSA) is 85.3 Å². The maximum absolute atomic E-state index is 12.4. The number of aryl methyl sites for hydroxylation is 1. The third kappa shape index (κ3) is 5.96. The maximum atomic E-state index is 12.4. The molecule has 0 saturated carbocycles. The molecule has 38 heavy (non-hydrogen) atoms. The summed E-state index contributed by atoms with van der Waals surface area (Å²) in [5, 5.41) is 8.60. The van der Waals surface area contributed by atoms with E-state index in [2.05, 4.69) is 54.7 Å². The van der Waals surface area contributed by atoms with E-state index in [1.807, 2.05) is 29.9 Å². The van der Waals surface area contributed by atoms with Gasteiger partial charge in [-0.1, -0.05) is 5.16 Å². The minimum Gasteiger partial charge on any atom is -0.406 e. The predicted molar refractivity (Wildman–Crippen MR) is 135 cm³/mol. The van der Waals surface area contributed by atoms with Crippen LogP contribution in [0.3, 0.4) is 0 Å². The van der Waals surface area contributed by atoms with Gasteiger partial charge in [0.25, 0.3) is 5.89 Å². The van der Waals surface area contributed by atoms with E-state index in [0.29, 0.717) is 23.8 Å². The second-order valence-electron chi connectivity index (χ2n) is 9.46. The average molecular weight is 528 g/mol. The van der Waals surface area contributed by atoms with Crippen LogP contribution in [0.1, 0.15) is 25.1 Å². The Morgan fingerprint density at radius 3 is 2.45 bits per heavy atom. The van der Waals surface area contributed by atoms with E-state index >= 15 is 0 Å². The lowest BCUT2D eigenvalue weighted by molar-refractivity contribution is -0.274. The molecule has 0 amide bonds. The van der Waals surface area contributed by atoms with Gasteiger partial charge in [-0.2, -0.15) is 10.1 Å². The summed E-state index contributed by atoms with van der Waals surface area (Å²) in [5.74, 6) is 1.10. The van der Waals surface area contributed by atoms with Crippen molar-refractivity contribution in [2.24, 2.45) is 0 Å². The smallest absolute Gasteiger partial charge is 0.406 e. The summed E-state index contributed by atoms with van der Waals surface area (Å²) >= 11 is 0. The Bertz CT molecular complexity index is 1370. The number of hydrogen-bond donors (Lipinski definition) is 0. The van der Waals surface area contributed by atoms with E-state index in [4.69, 9.17) is 4.52 Å². The largest absolute Gasteiger partial charge is 0.573 e. The van der Waals surface area contributed by atoms with E-state index < -0.39 is 6.36 Å². The van der Waals surface area contributed by atoms with Crippen molar-refractivity contribution in [3.8, 4) is 28.7 Å². The molecule has 4 aromatic rings. The summed E-state index contributed by atoms with van der Waals surface area (Å²) in [7, 11) is 0. The summed E-state index contributed by atoms with van der Waals surface area (Å²) in [6.45, 7) is 10.9. The van der Waals surface area contributed by atoms with Crippen LogP contribution in [0.2, 0.25) is 0 Å². The number of aromatic nitrogens is 5. The van der Waals surface area contributed by atoms with Crippen LogP contribution in [0, 0.1) is 6.92 Å². The molecule has 9 nitrogen and oxygen atoms in total. The van der Waals surface area contributed by atoms with Gasteiger partial charge in [0, 0.05) is 49.7 Å². The van der Waals surface area contributed by atoms with Gasteiger partial charge in [-0.25, -0.2) is 4.98 Å². The lowest BCUT2D eigenvalue weighted by atomic mass is 10.2. The predicted octanol–water partition coefficient (Wildman–Crippen LogP) is 4.78. The van der Waals surface area contributed by atoms with Gasteiger partial charge in [-0.05, 0) is 68.8 Å². The molecule has 3 aromatic heterocycles. The molecule has 4 heterocycles. The van der Waals surface area contributed by atoms with Crippen LogP contribution in [0.4, 0.5) is 19.0 Å². The van der Waals surface area contributed by atoms with Crippen molar-refractivity contribution in [3.05, 3.63) is 59.9 Å². The fraction of sp³-hybridized carbons (Fsp3) is 0.385. The summed E-state index contributed by atoms with van der Waals surface area (Å²) in [4.78, 5) is 13.7. The van der Waals surface area contributed by atoms with Gasteiger partial charge in [0.15, 0.2) is 5.69 Å². The Morgan fingerprint density at radius 2 is 1.76 bits per heavy atom. The third-order valence-corrected chi connectivity index (χ3v) is 6.48. The Kier molecular flexibility index (Phi) is 7.06. The molecule has 0 unspecified atom stereocenters. The van der Waals surface area contributed by atoms with E-state index in [1.165, 1.54) is 24.3 Å². The van der Waals surface area contributed by atoms with Crippen molar-refractivity contribution < 1.29 is 22.4 Å². The first kappa shape index (κ1) is 25.7. The standard InChI is InChI=1S/C26H28F3N7O2/c1-17(2)34-10-12-35(13-11-34)23-15-19(8-9-30-23)16-36-18(3)14-22(32-36)25-31-24(33-38-25)20-4-6-21(7-5-20)37-26(27,28)29/h4-9,14-15,17H,10-13,16H2,1-3H3. The van der Waals surface area contributed by atoms with Crippen LogP contribution in [-0.4, -0.2) is 68.4 Å². The highest BCUT2D eigenvalue weighted by molar-refractivity contribution is 5.59. The number of hydrogen-bond acceptors (Lipinski definition) is 8. The number of rotatable bonds is 7. The van der Waals surface area contributed by atoms with Crippen LogP contribution in [0.5, 0.6) is 5.75 Å². The van der Waals surface area contributed by atoms with Gasteiger partial charge < -0.3 is 14.2 Å². The molecular weight excluding hydrogens is 499 g/mol. The van der Waals surface area contributed by atoms with Crippen molar-refractivity contribution in [2.45, 2.75) is 39.7 Å². The van der Waals surface area contributed by atoms with E-state index in [0.717, 1.165) is 43.3 Å². The first-order chi connectivity index (χ1) is 18.1. The Balaban J connectivity index is 1.27. The number of halogens is 3. The number of nitrogens with zero attached hydrogens (tertiary/aromatic N) is 7. The molecule has 0 atom stereocenters. The van der Waals surface area contributed by atoms with Crippen LogP contribution >= 0.6 is 0 Å². The first-order valence-electron chi connectivity index (χ1n) is 12.3. The Hall–Kier alpha value is -3.93. The number of benzene rings is 1. The normalized spacial score (nSPS) is 14.9. The molecule has 0 spiro atoms. The lowest BCUT2D eigenvalue weighted by Gasteiger charge is -2.37. The number of alkyl halides is 3. The SMILES string of the molecule is Cc1cc(-c2nc(-c3ccc(OC(F)(F)F)cc3)no2)nn1Cc1ccnc(N2CCN(C(C)C)CC2)c1. The molecule has 0 radical (unpaired) electrons. The molecular formula is C26H28F3N7O2. The molecule has 5 rings (SSSR count). The molecule has 0 bridgehead atoms. The van der Waals surface area contributed by atoms with Crippen LogP contribution in [0.25, 0.3) is 23.0 Å². The fourth-order valence-electron chi connectivity index (χ4n) is 4.40. The number of anilines is 1. The molecule has 1 aliphatic rings. The second-order valence-corrected chi connectivity index (χ2v) is 9.46. The highest BCUT2D eigenvalue weighted by atomic mass is 19.4. The van der Waals surface area contributed by atoms with Crippen LogP contribution in [-0.2, 0) is 6.54 Å². The number of piperazine rings is 1. The monoisotopic (exact) mass is 527 g/mol. The fourth-order valence-corrected chi connectivity index (χ4v) is 4.40. The van der Waals surface area contributed by atoms with Crippen molar-refractivity contribution in [1.29, 1.82) is 0 Å². The molecule has 0 N–H and O–H groups in total. The molecule has 0 aliphatic carbocycles. The first-order valence-corrected chi connectivity index (χ1v) is 12.3. The minimum atomic E-state index is -4.75. The summed E-state index contributed by atoms with van der Waals surface area (Å²) in [6.07, 6.45) is -2.92. The summed E-state index contributed by atoms with van der Waals surface area (Å²) < 4.78 is 48.3. The van der Waals surface area contributed by atoms with E-state index in [9.17, 15) is 13.2 Å². The zero-order valence-corrected chi connectivity index (χ0v) is 21.3. The maximum Gasteiger partial charge on any atom is 0.573 e. The molecule has 1 aromatic carbocycles. The Labute approximate surface area is 217 Å². The van der Waals surface area contributed by atoms with Crippen molar-refractivity contribution >= 4 is 5.82 Å². The van der Waals surface area contributed by atoms with Gasteiger partial charge in [-0.15, -0.1) is 13.2 Å². The van der Waals surface area contributed by atoms with Crippen molar-refractivity contribution in [3.63, 3.8) is 0 Å². The van der Waals surface area contributed by atoms with Crippen LogP contribution < -0.4 is 9.64 Å². The lowest BCUT2D eigenvalue weighted by Crippen LogP contribution is -2.49. The van der Waals surface area contributed by atoms with Crippen molar-refractivity contribution in [1.82, 2.24) is 29.8 Å². The highest BCUT2D eigenvalue weighted by Gasteiger charge is 2.31. The quantitative estimate of drug-likeness (QED) is 0.340. The summed E-state index contributed by atoms with van der Waals surface area (Å²) in [6, 6.07) is 11.7. The van der Waals surface area contributed by atoms with Crippen molar-refractivity contribution in [2.75, 3.05) is 31.1 Å². The number of pyridine rings is 1. The van der Waals surface area contributed by atoms with Crippen LogP contribution in [0.15, 0.2) is 53.2 Å². The molecule has 12 heteroatoms. The van der Waals surface area contributed by atoms with Gasteiger partial charge in [-0.3, -0.25) is 9.58 Å².